The molecule has 0 spiro atoms. The first-order valence-electron chi connectivity index (χ1n) is 6.23. The number of hydrogen-bond acceptors (Lipinski definition) is 3. The van der Waals surface area contributed by atoms with Gasteiger partial charge in [0.2, 0.25) is 0 Å². The summed E-state index contributed by atoms with van der Waals surface area (Å²) >= 11 is 0. The smallest absolute Gasteiger partial charge is 0.335 e. The summed E-state index contributed by atoms with van der Waals surface area (Å²) in [6, 6.07) is 15.5. The topological polar surface area (TPSA) is 63.6 Å². The summed E-state index contributed by atoms with van der Waals surface area (Å²) in [5, 5.41) is 8.85. The number of carbonyl (C=O) groups excluding carboxylic acids is 1. The van der Waals surface area contributed by atoms with Gasteiger partial charge in [-0.05, 0) is 30.2 Å². The summed E-state index contributed by atoms with van der Waals surface area (Å²) < 4.78 is 5.12. The van der Waals surface area contributed by atoms with Crippen molar-refractivity contribution >= 4 is 11.9 Å². The maximum atomic E-state index is 11.7. The van der Waals surface area contributed by atoms with Gasteiger partial charge in [-0.1, -0.05) is 36.4 Å². The summed E-state index contributed by atoms with van der Waals surface area (Å²) in [7, 11) is 0. The molecule has 0 atom stereocenters. The molecule has 20 heavy (non-hydrogen) atoms. The average molecular weight is 270 g/mol. The Morgan fingerprint density at radius 1 is 1.00 bits per heavy atom. The predicted octanol–water partition coefficient (Wildman–Crippen LogP) is 2.92. The Morgan fingerprint density at radius 3 is 2.45 bits per heavy atom. The van der Waals surface area contributed by atoms with E-state index in [1.807, 2.05) is 30.3 Å². The molecule has 0 aromatic heterocycles. The van der Waals surface area contributed by atoms with Gasteiger partial charge in [-0.2, -0.15) is 0 Å². The van der Waals surface area contributed by atoms with Gasteiger partial charge in [0.25, 0.3) is 0 Å². The third-order valence-corrected chi connectivity index (χ3v) is 2.77. The molecular formula is C16H14O4. The molecule has 0 bridgehead atoms. The fourth-order valence-electron chi connectivity index (χ4n) is 1.77. The molecule has 0 aliphatic rings. The van der Waals surface area contributed by atoms with Crippen molar-refractivity contribution in [2.45, 2.75) is 12.8 Å². The highest BCUT2D eigenvalue weighted by atomic mass is 16.5. The van der Waals surface area contributed by atoms with Crippen molar-refractivity contribution in [2.75, 3.05) is 0 Å². The minimum Gasteiger partial charge on any atom is -0.478 e. The van der Waals surface area contributed by atoms with Crippen LogP contribution in [0.25, 0.3) is 0 Å². The van der Waals surface area contributed by atoms with Crippen molar-refractivity contribution in [1.29, 1.82) is 0 Å². The number of carboxylic acid groups (broad SMARTS) is 1. The van der Waals surface area contributed by atoms with Gasteiger partial charge >= 0.3 is 11.9 Å². The number of esters is 1. The van der Waals surface area contributed by atoms with E-state index in [9.17, 15) is 9.59 Å². The second kappa shape index (κ2) is 6.52. The van der Waals surface area contributed by atoms with Crippen LogP contribution < -0.4 is 4.74 Å². The van der Waals surface area contributed by atoms with Gasteiger partial charge < -0.3 is 9.84 Å². The van der Waals surface area contributed by atoms with Crippen molar-refractivity contribution in [3.8, 4) is 5.75 Å². The highest BCUT2D eigenvalue weighted by molar-refractivity contribution is 5.88. The van der Waals surface area contributed by atoms with Gasteiger partial charge in [-0.25, -0.2) is 4.79 Å². The molecule has 0 amide bonds. The summed E-state index contributed by atoms with van der Waals surface area (Å²) in [6.45, 7) is 0. The minimum atomic E-state index is -1.05. The van der Waals surface area contributed by atoms with E-state index >= 15 is 0 Å². The quantitative estimate of drug-likeness (QED) is 0.670. The maximum absolute atomic E-state index is 11.7. The number of aromatic carboxylic acids is 1. The first-order chi connectivity index (χ1) is 9.65. The zero-order valence-electron chi connectivity index (χ0n) is 10.8. The van der Waals surface area contributed by atoms with Crippen LogP contribution >= 0.6 is 0 Å². The van der Waals surface area contributed by atoms with Crippen molar-refractivity contribution in [3.05, 3.63) is 65.7 Å². The van der Waals surface area contributed by atoms with Crippen LogP contribution in [0.1, 0.15) is 22.3 Å². The second-order valence-electron chi connectivity index (χ2n) is 4.29. The van der Waals surface area contributed by atoms with Gasteiger partial charge in [-0.3, -0.25) is 4.79 Å². The van der Waals surface area contributed by atoms with Crippen molar-refractivity contribution < 1.29 is 19.4 Å². The third-order valence-electron chi connectivity index (χ3n) is 2.77. The van der Waals surface area contributed by atoms with Crippen LogP contribution in [0.4, 0.5) is 0 Å². The number of benzene rings is 2. The van der Waals surface area contributed by atoms with Crippen LogP contribution in [0, 0.1) is 0 Å². The highest BCUT2D eigenvalue weighted by Crippen LogP contribution is 2.14. The van der Waals surface area contributed by atoms with Gasteiger partial charge in [0.05, 0.1) is 5.56 Å². The predicted molar refractivity (Wildman–Crippen MR) is 73.8 cm³/mol. The van der Waals surface area contributed by atoms with Crippen molar-refractivity contribution in [3.63, 3.8) is 0 Å². The van der Waals surface area contributed by atoms with E-state index in [0.29, 0.717) is 6.42 Å². The number of ether oxygens (including phenoxy) is 1. The fraction of sp³-hybridized carbons (Fsp3) is 0.125. The normalized spacial score (nSPS) is 10.0. The molecule has 0 fully saturated rings. The van der Waals surface area contributed by atoms with Crippen LogP contribution in [0.15, 0.2) is 54.6 Å². The molecule has 0 saturated carbocycles. The number of rotatable bonds is 5. The molecule has 4 heteroatoms. The molecule has 1 N–H and O–H groups in total. The van der Waals surface area contributed by atoms with Crippen LogP contribution in [-0.4, -0.2) is 17.0 Å². The van der Waals surface area contributed by atoms with Crippen LogP contribution in [0.3, 0.4) is 0 Å². The molecule has 0 radical (unpaired) electrons. The molecule has 102 valence electrons. The lowest BCUT2D eigenvalue weighted by molar-refractivity contribution is -0.134. The van der Waals surface area contributed by atoms with E-state index in [4.69, 9.17) is 9.84 Å². The first kappa shape index (κ1) is 13.8. The Bertz CT molecular complexity index is 605. The molecule has 2 aromatic rings. The van der Waals surface area contributed by atoms with E-state index in [-0.39, 0.29) is 23.7 Å². The summed E-state index contributed by atoms with van der Waals surface area (Å²) in [4.78, 5) is 22.5. The maximum Gasteiger partial charge on any atom is 0.335 e. The molecule has 0 unspecified atom stereocenters. The number of carbonyl (C=O) groups is 2. The Labute approximate surface area is 116 Å². The average Bonchev–Trinajstić information content (AvgIpc) is 2.46. The number of hydrogen-bond donors (Lipinski definition) is 1. The van der Waals surface area contributed by atoms with Crippen molar-refractivity contribution in [2.24, 2.45) is 0 Å². The molecule has 4 nitrogen and oxygen atoms in total. The monoisotopic (exact) mass is 270 g/mol. The Kier molecular flexibility index (Phi) is 4.50. The zero-order valence-corrected chi connectivity index (χ0v) is 10.8. The Balaban J connectivity index is 1.91. The van der Waals surface area contributed by atoms with Gasteiger partial charge in [0.1, 0.15) is 5.75 Å². The molecule has 0 aliphatic carbocycles. The van der Waals surface area contributed by atoms with E-state index in [0.717, 1.165) is 5.56 Å². The molecular weight excluding hydrogens is 256 g/mol. The lowest BCUT2D eigenvalue weighted by Gasteiger charge is -2.05. The molecule has 2 rings (SSSR count). The number of aryl methyl sites for hydroxylation is 1. The second-order valence-corrected chi connectivity index (χ2v) is 4.29. The molecule has 0 heterocycles. The lowest BCUT2D eigenvalue weighted by Crippen LogP contribution is -2.09. The molecule has 0 saturated heterocycles. The Morgan fingerprint density at radius 2 is 1.75 bits per heavy atom. The minimum absolute atomic E-state index is 0.0957. The van der Waals surface area contributed by atoms with Crippen LogP contribution in [-0.2, 0) is 11.2 Å². The van der Waals surface area contributed by atoms with Gasteiger partial charge in [0, 0.05) is 6.42 Å². The summed E-state index contributed by atoms with van der Waals surface area (Å²) in [5.41, 5.74) is 1.15. The largest absolute Gasteiger partial charge is 0.478 e. The fourth-order valence-corrected chi connectivity index (χ4v) is 1.77. The number of carboxylic acids is 1. The third kappa shape index (κ3) is 3.95. The van der Waals surface area contributed by atoms with Crippen LogP contribution in [0.5, 0.6) is 5.75 Å². The van der Waals surface area contributed by atoms with Crippen molar-refractivity contribution in [1.82, 2.24) is 0 Å². The molecule has 2 aromatic carbocycles. The van der Waals surface area contributed by atoms with E-state index in [1.54, 1.807) is 12.1 Å². The first-order valence-corrected chi connectivity index (χ1v) is 6.23. The van der Waals surface area contributed by atoms with E-state index in [1.165, 1.54) is 12.1 Å². The molecule has 0 aliphatic heterocycles. The lowest BCUT2D eigenvalue weighted by atomic mass is 10.1. The zero-order chi connectivity index (χ0) is 14.4. The van der Waals surface area contributed by atoms with E-state index in [2.05, 4.69) is 0 Å². The SMILES string of the molecule is O=C(CCc1ccccc1)Oc1cccc(C(=O)O)c1. The van der Waals surface area contributed by atoms with Crippen LogP contribution in [0.2, 0.25) is 0 Å². The van der Waals surface area contributed by atoms with Gasteiger partial charge in [-0.15, -0.1) is 0 Å². The van der Waals surface area contributed by atoms with Gasteiger partial charge in [0.15, 0.2) is 0 Å². The Hall–Kier alpha value is -2.62. The summed E-state index contributed by atoms with van der Waals surface area (Å²) in [5.74, 6) is -1.17. The summed E-state index contributed by atoms with van der Waals surface area (Å²) in [6.07, 6.45) is 0.847. The van der Waals surface area contributed by atoms with E-state index < -0.39 is 5.97 Å². The standard InChI is InChI=1S/C16H14O4/c17-15(10-9-12-5-2-1-3-6-12)20-14-8-4-7-13(11-14)16(18)19/h1-8,11H,9-10H2,(H,18,19). The highest BCUT2D eigenvalue weighted by Gasteiger charge is 2.08.